The molecule has 1 aromatic carbocycles. The predicted octanol–water partition coefficient (Wildman–Crippen LogP) is 3.31. The van der Waals surface area contributed by atoms with Crippen molar-refractivity contribution in [2.45, 2.75) is 57.9 Å². The van der Waals surface area contributed by atoms with Gasteiger partial charge in [0.25, 0.3) is 0 Å². The zero-order chi connectivity index (χ0) is 20.4. The Bertz CT molecular complexity index is 755. The Morgan fingerprint density at radius 2 is 2.21 bits per heavy atom. The number of halogens is 2. The first kappa shape index (κ1) is 20.2. The largest absolute Gasteiger partial charge is 0.490 e. The summed E-state index contributed by atoms with van der Waals surface area (Å²) in [7, 11) is 1.72. The van der Waals surface area contributed by atoms with Crippen molar-refractivity contribution in [2.75, 3.05) is 20.3 Å². The fourth-order valence-corrected chi connectivity index (χ4v) is 5.17. The lowest BCUT2D eigenvalue weighted by Crippen LogP contribution is -2.72. The number of ether oxygens (including phenoxy) is 3. The summed E-state index contributed by atoms with van der Waals surface area (Å²) in [6, 6.07) is 5.50. The third-order valence-corrected chi connectivity index (χ3v) is 6.57. The van der Waals surface area contributed by atoms with Gasteiger partial charge < -0.3 is 24.8 Å². The maximum Gasteiger partial charge on any atom is 0.387 e. The van der Waals surface area contributed by atoms with Gasteiger partial charge in [-0.3, -0.25) is 4.99 Å². The lowest BCUT2D eigenvalue weighted by atomic mass is 9.46. The Kier molecular flexibility index (Phi) is 5.81. The second-order valence-corrected chi connectivity index (χ2v) is 7.93. The molecule has 3 aliphatic rings. The van der Waals surface area contributed by atoms with Crippen LogP contribution in [0, 0.1) is 11.3 Å². The van der Waals surface area contributed by atoms with Crippen LogP contribution in [0.4, 0.5) is 8.78 Å². The smallest absolute Gasteiger partial charge is 0.387 e. The molecule has 0 aromatic heterocycles. The lowest BCUT2D eigenvalue weighted by molar-refractivity contribution is -0.171. The number of alkyl halides is 2. The average molecular weight is 409 g/mol. The highest BCUT2D eigenvalue weighted by Crippen LogP contribution is 2.62. The van der Waals surface area contributed by atoms with Crippen molar-refractivity contribution in [3.8, 4) is 11.5 Å². The molecule has 3 fully saturated rings. The molecule has 4 rings (SSSR count). The van der Waals surface area contributed by atoms with Crippen LogP contribution in [0.5, 0.6) is 11.5 Å². The molecule has 2 aliphatic carbocycles. The molecule has 8 heteroatoms. The second-order valence-electron chi connectivity index (χ2n) is 7.93. The number of nitrogens with zero attached hydrogens (tertiary/aromatic N) is 1. The zero-order valence-electron chi connectivity index (χ0n) is 16.9. The van der Waals surface area contributed by atoms with Crippen LogP contribution in [0.3, 0.4) is 0 Å². The molecule has 2 N–H and O–H groups in total. The van der Waals surface area contributed by atoms with E-state index in [-0.39, 0.29) is 11.2 Å². The molecule has 0 radical (unpaired) electrons. The number of aliphatic imine (C=N–C) groups is 1. The molecule has 1 aliphatic heterocycles. The fraction of sp³-hybridized carbons (Fsp3) is 0.667. The summed E-state index contributed by atoms with van der Waals surface area (Å²) in [5.41, 5.74) is 0.825. The average Bonchev–Trinajstić information content (AvgIpc) is 3.07. The van der Waals surface area contributed by atoms with Gasteiger partial charge in [-0.15, -0.1) is 0 Å². The van der Waals surface area contributed by atoms with Gasteiger partial charge in [-0.05, 0) is 32.3 Å². The Hall–Kier alpha value is -2.09. The highest BCUT2D eigenvalue weighted by Gasteiger charge is 2.66. The molecule has 29 heavy (non-hydrogen) atoms. The maximum absolute atomic E-state index is 12.9. The van der Waals surface area contributed by atoms with Gasteiger partial charge in [0.1, 0.15) is 0 Å². The van der Waals surface area contributed by atoms with Gasteiger partial charge in [-0.1, -0.05) is 18.6 Å². The first-order valence-electron chi connectivity index (χ1n) is 10.4. The van der Waals surface area contributed by atoms with E-state index in [1.54, 1.807) is 32.2 Å². The van der Waals surface area contributed by atoms with E-state index in [1.807, 2.05) is 0 Å². The van der Waals surface area contributed by atoms with Crippen LogP contribution in [0.15, 0.2) is 23.2 Å². The molecule has 2 saturated carbocycles. The molecule has 3 unspecified atom stereocenters. The molecule has 1 aromatic rings. The number of guanidine groups is 1. The maximum atomic E-state index is 12.9. The fourth-order valence-electron chi connectivity index (χ4n) is 5.17. The molecule has 6 nitrogen and oxygen atoms in total. The van der Waals surface area contributed by atoms with Crippen LogP contribution in [0.1, 0.15) is 38.2 Å². The van der Waals surface area contributed by atoms with Gasteiger partial charge in [-0.2, -0.15) is 8.78 Å². The van der Waals surface area contributed by atoms with Crippen LogP contribution in [-0.2, 0) is 11.3 Å². The van der Waals surface area contributed by atoms with E-state index in [1.165, 1.54) is 19.3 Å². The third-order valence-electron chi connectivity index (χ3n) is 6.57. The van der Waals surface area contributed by atoms with Gasteiger partial charge >= 0.3 is 6.61 Å². The molecule has 1 heterocycles. The molecule has 0 amide bonds. The summed E-state index contributed by atoms with van der Waals surface area (Å²) in [6.45, 7) is 0.388. The molecule has 1 saturated heterocycles. The number of hydrogen-bond donors (Lipinski definition) is 2. The summed E-state index contributed by atoms with van der Waals surface area (Å²) in [6.07, 6.45) is 5.07. The Morgan fingerprint density at radius 1 is 1.38 bits per heavy atom. The molecule has 0 bridgehead atoms. The minimum Gasteiger partial charge on any atom is -0.490 e. The van der Waals surface area contributed by atoms with Crippen LogP contribution >= 0.6 is 0 Å². The normalized spacial score (nSPS) is 27.2. The number of hydrogen-bond acceptors (Lipinski definition) is 4. The number of fused-ring (bicyclic) bond motifs is 2. The van der Waals surface area contributed by atoms with Crippen molar-refractivity contribution in [1.29, 1.82) is 0 Å². The monoisotopic (exact) mass is 409 g/mol. The minimum absolute atomic E-state index is 0.0654. The van der Waals surface area contributed by atoms with E-state index in [9.17, 15) is 8.78 Å². The van der Waals surface area contributed by atoms with Gasteiger partial charge in [0.2, 0.25) is 0 Å². The number of benzene rings is 1. The first-order chi connectivity index (χ1) is 14.1. The van der Waals surface area contributed by atoms with Crippen molar-refractivity contribution < 1.29 is 23.0 Å². The summed E-state index contributed by atoms with van der Waals surface area (Å²) in [5, 5.41) is 6.83. The Balaban J connectivity index is 1.43. The van der Waals surface area contributed by atoms with E-state index in [0.29, 0.717) is 48.5 Å². The molecule has 1 spiro atoms. The zero-order valence-corrected chi connectivity index (χ0v) is 16.9. The van der Waals surface area contributed by atoms with Crippen LogP contribution in [-0.4, -0.2) is 45.0 Å². The van der Waals surface area contributed by atoms with Crippen molar-refractivity contribution in [1.82, 2.24) is 10.6 Å². The topological polar surface area (TPSA) is 64.1 Å². The minimum atomic E-state index is -2.92. The standard InChI is InChI=1S/C21H29F2N3O3/c1-3-27-15-7-4-6-13(16(15)29-19(22)23)12-25-20(24-2)26-17-14-8-11-28-18(14)21(17)9-5-10-21/h4,6-7,14,17-19H,3,5,8-12H2,1-2H3,(H2,24,25,26). The summed E-state index contributed by atoms with van der Waals surface area (Å²) < 4.78 is 42.0. The summed E-state index contributed by atoms with van der Waals surface area (Å²) in [4.78, 5) is 4.35. The molecule has 3 atom stereocenters. The van der Waals surface area contributed by atoms with Crippen LogP contribution < -0.4 is 20.1 Å². The Morgan fingerprint density at radius 3 is 2.86 bits per heavy atom. The van der Waals surface area contributed by atoms with Gasteiger partial charge in [0.05, 0.1) is 12.7 Å². The molecular formula is C21H29F2N3O3. The van der Waals surface area contributed by atoms with Crippen molar-refractivity contribution in [2.24, 2.45) is 16.3 Å². The van der Waals surface area contributed by atoms with E-state index in [0.717, 1.165) is 13.0 Å². The summed E-state index contributed by atoms with van der Waals surface area (Å²) >= 11 is 0. The lowest BCUT2D eigenvalue weighted by Gasteiger charge is -2.63. The van der Waals surface area contributed by atoms with E-state index in [4.69, 9.17) is 14.2 Å². The third kappa shape index (κ3) is 3.63. The van der Waals surface area contributed by atoms with Crippen LogP contribution in [0.25, 0.3) is 0 Å². The highest BCUT2D eigenvalue weighted by molar-refractivity contribution is 5.80. The predicted molar refractivity (Wildman–Crippen MR) is 105 cm³/mol. The van der Waals surface area contributed by atoms with Gasteiger partial charge in [-0.25, -0.2) is 0 Å². The molecular weight excluding hydrogens is 380 g/mol. The molecule has 160 valence electrons. The number of para-hydroxylation sites is 1. The first-order valence-corrected chi connectivity index (χ1v) is 10.4. The van der Waals surface area contributed by atoms with Crippen molar-refractivity contribution in [3.05, 3.63) is 23.8 Å². The SMILES string of the molecule is CCOc1cccc(CNC(=NC)NC2C3CCOC3C23CCC3)c1OC(F)F. The second kappa shape index (κ2) is 8.34. The van der Waals surface area contributed by atoms with Gasteiger partial charge in [0.15, 0.2) is 17.5 Å². The van der Waals surface area contributed by atoms with Crippen molar-refractivity contribution >= 4 is 5.96 Å². The number of rotatable bonds is 7. The highest BCUT2D eigenvalue weighted by atomic mass is 19.3. The van der Waals surface area contributed by atoms with E-state index < -0.39 is 6.61 Å². The number of nitrogens with one attached hydrogen (secondary N) is 2. The quantitative estimate of drug-likeness (QED) is 0.534. The summed E-state index contributed by atoms with van der Waals surface area (Å²) in [5.74, 6) is 1.56. The van der Waals surface area contributed by atoms with E-state index in [2.05, 4.69) is 15.6 Å². The Labute approximate surface area is 170 Å². The van der Waals surface area contributed by atoms with Crippen LogP contribution in [0.2, 0.25) is 0 Å². The van der Waals surface area contributed by atoms with Crippen molar-refractivity contribution in [3.63, 3.8) is 0 Å². The van der Waals surface area contributed by atoms with E-state index >= 15 is 0 Å². The van der Waals surface area contributed by atoms with Gasteiger partial charge in [0, 0.05) is 43.1 Å².